The van der Waals surface area contributed by atoms with E-state index in [-0.39, 0.29) is 125 Å². The summed E-state index contributed by atoms with van der Waals surface area (Å²) in [5.74, 6) is -1.99. The average Bonchev–Trinajstić information content (AvgIpc) is 0.796. The molecule has 0 aromatic heterocycles. The van der Waals surface area contributed by atoms with Crippen LogP contribution in [0.15, 0.2) is 212 Å². The number of halogens is 2. The van der Waals surface area contributed by atoms with Crippen LogP contribution < -0.4 is 38.3 Å². The van der Waals surface area contributed by atoms with Crippen LogP contribution in [0.1, 0.15) is 109 Å². The highest BCUT2D eigenvalue weighted by Crippen LogP contribution is 2.44. The Bertz CT molecular complexity index is 4150. The topological polar surface area (TPSA) is 341 Å². The molecular formula is C71H64Br2N6O12. The second kappa shape index (κ2) is 32.1. The van der Waals surface area contributed by atoms with Crippen LogP contribution in [0.25, 0.3) is 0 Å². The lowest BCUT2D eigenvalue weighted by molar-refractivity contribution is 0.0977. The molecule has 464 valence electrons. The molecule has 15 N–H and O–H groups in total. The van der Waals surface area contributed by atoms with Crippen molar-refractivity contribution in [2.45, 2.75) is 13.8 Å². The van der Waals surface area contributed by atoms with E-state index in [1.807, 2.05) is 38.1 Å². The molecule has 18 nitrogen and oxygen atoms in total. The first-order valence-electron chi connectivity index (χ1n) is 27.8. The van der Waals surface area contributed by atoms with Crippen LogP contribution in [-0.2, 0) is 0 Å². The number of rotatable bonds is 9. The summed E-state index contributed by atoms with van der Waals surface area (Å²) in [7, 11) is 0. The molecule has 9 aromatic carbocycles. The van der Waals surface area contributed by atoms with Crippen LogP contribution in [0.5, 0.6) is 40.2 Å². The number of nitrogen functional groups attached to an aromatic ring is 4. The molecule has 0 amide bonds. The number of aromatic hydroxyl groups is 5. The Kier molecular flexibility index (Phi) is 24.3. The number of ketones is 6. The van der Waals surface area contributed by atoms with Crippen LogP contribution in [0.2, 0.25) is 0 Å². The summed E-state index contributed by atoms with van der Waals surface area (Å²) in [6, 6.07) is 45.2. The molecular weight excluding hydrogens is 1290 g/mol. The maximum absolute atomic E-state index is 13.0. The van der Waals surface area contributed by atoms with Gasteiger partial charge in [-0.3, -0.25) is 28.8 Å². The first kappa shape index (κ1) is 68.9. The van der Waals surface area contributed by atoms with Gasteiger partial charge in [0.05, 0.1) is 44.8 Å². The summed E-state index contributed by atoms with van der Waals surface area (Å²) in [5, 5.41) is 54.9. The Labute approximate surface area is 541 Å². The molecule has 9 aromatic rings. The van der Waals surface area contributed by atoms with Crippen LogP contribution in [-0.4, -0.2) is 78.7 Å². The lowest BCUT2D eigenvalue weighted by Crippen LogP contribution is -2.22. The monoisotopic (exact) mass is 1350 g/mol. The SMILES string of the molecule is C=CCBr.C=CCNc1ccc(O)cc1.C=CCNc1ccc(Oc2cc(O)c3c(c2N)C(=O)c2ccccc2C3=O)cc1.CC.Nc1c(Br)cc(O)c2c1C(=O)c1ccccc1C2=O.Nc1ccc(O)c2c1C(=O)c1ccccc1C2=O.Nc1ccc(O)cc1. The van der Waals surface area contributed by atoms with Crippen molar-refractivity contribution >= 4 is 101 Å². The highest BCUT2D eigenvalue weighted by molar-refractivity contribution is 9.10. The van der Waals surface area contributed by atoms with Gasteiger partial charge in [0, 0.05) is 85.1 Å². The third kappa shape index (κ3) is 16.1. The third-order valence-electron chi connectivity index (χ3n) is 13.3. The van der Waals surface area contributed by atoms with Crippen molar-refractivity contribution in [1.29, 1.82) is 0 Å². The van der Waals surface area contributed by atoms with Gasteiger partial charge in [0.15, 0.2) is 40.4 Å². The van der Waals surface area contributed by atoms with Gasteiger partial charge >= 0.3 is 0 Å². The minimum absolute atomic E-state index is 0.00120. The van der Waals surface area contributed by atoms with Gasteiger partial charge in [-0.2, -0.15) is 0 Å². The summed E-state index contributed by atoms with van der Waals surface area (Å²) in [6.07, 6.45) is 5.32. The van der Waals surface area contributed by atoms with E-state index in [0.717, 1.165) is 23.2 Å². The van der Waals surface area contributed by atoms with Crippen molar-refractivity contribution in [3.05, 3.63) is 279 Å². The number of nitrogens with two attached hydrogens (primary N) is 4. The van der Waals surface area contributed by atoms with Gasteiger partial charge in [-0.25, -0.2) is 0 Å². The lowest BCUT2D eigenvalue weighted by Gasteiger charge is -2.21. The molecule has 91 heavy (non-hydrogen) atoms. The smallest absolute Gasteiger partial charge is 0.198 e. The number of carbonyl (C=O) groups excluding carboxylic acids is 6. The quantitative estimate of drug-likeness (QED) is 0.0277. The predicted molar refractivity (Wildman–Crippen MR) is 365 cm³/mol. The van der Waals surface area contributed by atoms with Crippen LogP contribution >= 0.6 is 31.9 Å². The highest BCUT2D eigenvalue weighted by atomic mass is 79.9. The Balaban J connectivity index is 0.000000187. The molecule has 3 aliphatic carbocycles. The first-order valence-corrected chi connectivity index (χ1v) is 29.7. The van der Waals surface area contributed by atoms with Gasteiger partial charge in [0.2, 0.25) is 0 Å². The number of phenols is 5. The Morgan fingerprint density at radius 3 is 1.15 bits per heavy atom. The number of anilines is 6. The number of alkyl halides is 1. The maximum Gasteiger partial charge on any atom is 0.198 e. The molecule has 0 unspecified atom stereocenters. The molecule has 0 aliphatic heterocycles. The van der Waals surface area contributed by atoms with E-state index in [4.69, 9.17) is 37.9 Å². The van der Waals surface area contributed by atoms with Gasteiger partial charge in [-0.05, 0) is 107 Å². The molecule has 0 spiro atoms. The van der Waals surface area contributed by atoms with Gasteiger partial charge in [0.1, 0.15) is 34.5 Å². The lowest BCUT2D eigenvalue weighted by atomic mass is 9.82. The summed E-state index contributed by atoms with van der Waals surface area (Å²) in [4.78, 5) is 75.1. The summed E-state index contributed by atoms with van der Waals surface area (Å²) in [6.45, 7) is 16.0. The molecule has 0 saturated carbocycles. The Morgan fingerprint density at radius 2 is 0.769 bits per heavy atom. The van der Waals surface area contributed by atoms with Crippen molar-refractivity contribution < 1.29 is 59.0 Å². The number of carbonyl (C=O) groups is 6. The van der Waals surface area contributed by atoms with Gasteiger partial charge in [-0.1, -0.05) is 121 Å². The zero-order valence-electron chi connectivity index (χ0n) is 49.3. The normalized spacial score (nSPS) is 11.4. The Morgan fingerprint density at radius 1 is 0.429 bits per heavy atom. The summed E-state index contributed by atoms with van der Waals surface area (Å²) in [5.41, 5.74) is 27.8. The minimum atomic E-state index is -0.441. The van der Waals surface area contributed by atoms with Crippen molar-refractivity contribution in [3.63, 3.8) is 0 Å². The highest BCUT2D eigenvalue weighted by Gasteiger charge is 2.37. The van der Waals surface area contributed by atoms with E-state index >= 15 is 0 Å². The predicted octanol–water partition coefficient (Wildman–Crippen LogP) is 14.0. The van der Waals surface area contributed by atoms with Crippen molar-refractivity contribution in [1.82, 2.24) is 0 Å². The zero-order chi connectivity index (χ0) is 66.6. The van der Waals surface area contributed by atoms with Gasteiger partial charge < -0.3 is 63.8 Å². The second-order valence-electron chi connectivity index (χ2n) is 19.2. The first-order chi connectivity index (χ1) is 43.7. The number of ether oxygens (including phenoxy) is 1. The van der Waals surface area contributed by atoms with E-state index in [0.29, 0.717) is 39.1 Å². The molecule has 0 bridgehead atoms. The fourth-order valence-electron chi connectivity index (χ4n) is 9.06. The standard InChI is InChI=1S/C23H18N2O4.C14H8BrNO3.C14H9NO3.C9H11NO.C6H7NO.C3H5Br.C2H6/c1-2-11-25-13-7-9-14(10-8-13)29-18-12-17(26)19-20(21(18)24)23(28)16-6-4-3-5-15(16)22(19)27;15-8-5-9(17)10-11(12(8)16)14(19)7-4-2-1-3-6(7)13(10)18;15-9-5-6-10(16)12-11(9)13(17)7-3-1-2-4-8(7)14(12)18;1-2-7-10-8-3-5-9(11)6-4-8;7-5-1-3-6(8)4-2-5;1-2-3-4;1-2/h2-10,12,25-26H,1,11,24H2;1-5,17H,16H2;1-6,16H,15H2;2-6,10-11H,1,7H2;1-4,8H,7H2;2H,1,3H2;1-2H3. The molecule has 3 aliphatic rings. The van der Waals surface area contributed by atoms with Crippen LogP contribution in [0, 0.1) is 0 Å². The molecule has 0 fully saturated rings. The third-order valence-corrected chi connectivity index (χ3v) is 14.4. The number of hydrogen-bond donors (Lipinski definition) is 11. The number of allylic oxidation sites excluding steroid dienone is 1. The molecule has 0 heterocycles. The number of nitrogens with one attached hydrogen (secondary N) is 2. The molecule has 12 rings (SSSR count). The Hall–Kier alpha value is -11.2. The van der Waals surface area contributed by atoms with Crippen molar-refractivity contribution in [2.75, 3.05) is 52.0 Å². The maximum atomic E-state index is 13.0. The average molecular weight is 1350 g/mol. The number of fused-ring (bicyclic) bond motifs is 6. The van der Waals surface area contributed by atoms with Crippen molar-refractivity contribution in [3.8, 4) is 40.2 Å². The van der Waals surface area contributed by atoms with E-state index in [2.05, 4.69) is 62.2 Å². The summed E-state index contributed by atoms with van der Waals surface area (Å²) < 4.78 is 6.18. The largest absolute Gasteiger partial charge is 0.508 e. The fourth-order valence-corrected chi connectivity index (χ4v) is 9.47. The van der Waals surface area contributed by atoms with Crippen LogP contribution in [0.3, 0.4) is 0 Å². The number of phenolic OH excluding ortho intramolecular Hbond substituents is 5. The number of hydrogen-bond acceptors (Lipinski definition) is 18. The number of benzene rings is 9. The van der Waals surface area contributed by atoms with E-state index < -0.39 is 11.6 Å². The minimum Gasteiger partial charge on any atom is -0.508 e. The molecule has 20 heteroatoms. The van der Waals surface area contributed by atoms with E-state index in [1.54, 1.807) is 140 Å². The van der Waals surface area contributed by atoms with E-state index in [9.17, 15) is 44.1 Å². The van der Waals surface area contributed by atoms with Crippen molar-refractivity contribution in [2.24, 2.45) is 0 Å². The zero-order valence-corrected chi connectivity index (χ0v) is 52.5. The summed E-state index contributed by atoms with van der Waals surface area (Å²) >= 11 is 6.29. The molecule has 0 atom stereocenters. The van der Waals surface area contributed by atoms with E-state index in [1.165, 1.54) is 24.3 Å². The molecule has 0 saturated heterocycles. The fraction of sp³-hybridized carbons (Fsp3) is 0.0704. The second-order valence-corrected chi connectivity index (χ2v) is 20.7. The van der Waals surface area contributed by atoms with Gasteiger partial charge in [-0.15, -0.1) is 19.7 Å². The molecule has 0 radical (unpaired) electrons. The van der Waals surface area contributed by atoms with Gasteiger partial charge in [0.25, 0.3) is 0 Å². The van der Waals surface area contributed by atoms with Crippen LogP contribution in [0.4, 0.5) is 34.1 Å².